The van der Waals surface area contributed by atoms with E-state index in [2.05, 4.69) is 11.9 Å². The number of aliphatic hydroxyl groups is 1. The van der Waals surface area contributed by atoms with Crippen molar-refractivity contribution in [2.24, 2.45) is 5.73 Å². The molecule has 1 aliphatic rings. The van der Waals surface area contributed by atoms with E-state index in [1.165, 1.54) is 12.3 Å². The van der Waals surface area contributed by atoms with E-state index in [0.29, 0.717) is 41.8 Å². The van der Waals surface area contributed by atoms with Crippen LogP contribution in [0.1, 0.15) is 47.9 Å². The van der Waals surface area contributed by atoms with Crippen LogP contribution in [0.25, 0.3) is 22.0 Å². The van der Waals surface area contributed by atoms with Gasteiger partial charge in [0.1, 0.15) is 12.4 Å². The normalized spacial score (nSPS) is 14.3. The van der Waals surface area contributed by atoms with Gasteiger partial charge in [0.15, 0.2) is 6.29 Å². The molecular weight excluding hydrogens is 485 g/mol. The molecule has 196 valence electrons. The second kappa shape index (κ2) is 13.9. The SMILES string of the molecule is CC(c1cccc2c(-c3ccc(CS(C)=O)c(F)c3)c(C=O)[nH]c12)N1CCOC1=O.CCCN.CO. The molecule has 10 heteroatoms. The average Bonchev–Trinajstić information content (AvgIpc) is 3.49. The molecule has 0 aliphatic carbocycles. The first-order valence-electron chi connectivity index (χ1n) is 11.6. The Morgan fingerprint density at radius 3 is 2.53 bits per heavy atom. The fourth-order valence-corrected chi connectivity index (χ4v) is 4.64. The number of rotatable bonds is 7. The minimum Gasteiger partial charge on any atom is -0.448 e. The lowest BCUT2D eigenvalue weighted by molar-refractivity contribution is 0.112. The van der Waals surface area contributed by atoms with Crippen LogP contribution in [0.15, 0.2) is 36.4 Å². The predicted molar refractivity (Wildman–Crippen MR) is 141 cm³/mol. The van der Waals surface area contributed by atoms with Gasteiger partial charge in [-0.2, -0.15) is 0 Å². The summed E-state index contributed by atoms with van der Waals surface area (Å²) in [4.78, 5) is 28.6. The van der Waals surface area contributed by atoms with Crippen molar-refractivity contribution in [1.29, 1.82) is 0 Å². The smallest absolute Gasteiger partial charge is 0.410 e. The summed E-state index contributed by atoms with van der Waals surface area (Å²) in [6.07, 6.45) is 2.96. The Kier molecular flexibility index (Phi) is 11.2. The molecule has 8 nitrogen and oxygen atoms in total. The zero-order chi connectivity index (χ0) is 26.8. The molecule has 0 spiro atoms. The third-order valence-corrected chi connectivity index (χ3v) is 6.43. The number of aldehydes is 1. The van der Waals surface area contributed by atoms with Crippen LogP contribution in [0.4, 0.5) is 9.18 Å². The average molecular weight is 520 g/mol. The molecule has 1 aromatic heterocycles. The molecule has 36 heavy (non-hydrogen) atoms. The van der Waals surface area contributed by atoms with Crippen LogP contribution in [0, 0.1) is 5.82 Å². The van der Waals surface area contributed by atoms with Crippen LogP contribution >= 0.6 is 0 Å². The van der Waals surface area contributed by atoms with Gasteiger partial charge in [-0.1, -0.05) is 37.3 Å². The highest BCUT2D eigenvalue weighted by molar-refractivity contribution is 7.83. The van der Waals surface area contributed by atoms with Gasteiger partial charge in [-0.3, -0.25) is 13.9 Å². The molecule has 0 radical (unpaired) electrons. The number of carbonyl (C=O) groups is 2. The van der Waals surface area contributed by atoms with Gasteiger partial charge in [0.05, 0.1) is 29.6 Å². The van der Waals surface area contributed by atoms with Crippen LogP contribution in [-0.2, 0) is 21.3 Å². The molecule has 2 heterocycles. The van der Waals surface area contributed by atoms with Gasteiger partial charge >= 0.3 is 6.09 Å². The number of hydrogen-bond donors (Lipinski definition) is 3. The van der Waals surface area contributed by atoms with Gasteiger partial charge < -0.3 is 20.6 Å². The van der Waals surface area contributed by atoms with Crippen LogP contribution in [0.2, 0.25) is 0 Å². The van der Waals surface area contributed by atoms with Crippen molar-refractivity contribution in [3.8, 4) is 11.1 Å². The number of aliphatic hydroxyl groups excluding tert-OH is 1. The van der Waals surface area contributed by atoms with Crippen LogP contribution < -0.4 is 5.73 Å². The van der Waals surface area contributed by atoms with Crippen molar-refractivity contribution in [2.75, 3.05) is 33.1 Å². The number of para-hydroxylation sites is 1. The van der Waals surface area contributed by atoms with Crippen LogP contribution in [0.5, 0.6) is 0 Å². The fourth-order valence-electron chi connectivity index (χ4n) is 3.97. The second-order valence-electron chi connectivity index (χ2n) is 8.10. The highest BCUT2D eigenvalue weighted by Crippen LogP contribution is 2.37. The lowest BCUT2D eigenvalue weighted by Crippen LogP contribution is -2.27. The van der Waals surface area contributed by atoms with Crippen molar-refractivity contribution in [3.05, 3.63) is 59.0 Å². The molecule has 1 saturated heterocycles. The molecule has 4 N–H and O–H groups in total. The number of H-pyrrole nitrogens is 1. The third kappa shape index (κ3) is 6.57. The molecular formula is C26H34FN3O5S. The molecule has 4 rings (SSSR count). The first-order valence-corrected chi connectivity index (χ1v) is 13.3. The number of benzene rings is 2. The summed E-state index contributed by atoms with van der Waals surface area (Å²) in [5.74, 6) is -0.327. The number of nitrogens with two attached hydrogens (primary N) is 1. The summed E-state index contributed by atoms with van der Waals surface area (Å²) in [5, 5.41) is 7.76. The Hall–Kier alpha value is -3.08. The van der Waals surface area contributed by atoms with Crippen molar-refractivity contribution in [3.63, 3.8) is 0 Å². The number of ether oxygens (including phenoxy) is 1. The molecule has 0 saturated carbocycles. The van der Waals surface area contributed by atoms with Gasteiger partial charge in [-0.25, -0.2) is 9.18 Å². The summed E-state index contributed by atoms with van der Waals surface area (Å²) in [5.41, 5.74) is 8.45. The van der Waals surface area contributed by atoms with E-state index < -0.39 is 16.6 Å². The van der Waals surface area contributed by atoms with E-state index in [1.807, 2.05) is 25.1 Å². The maximum absolute atomic E-state index is 14.6. The zero-order valence-electron chi connectivity index (χ0n) is 21.0. The van der Waals surface area contributed by atoms with E-state index in [4.69, 9.17) is 15.6 Å². The molecule has 1 aliphatic heterocycles. The first kappa shape index (κ1) is 29.2. The number of cyclic esters (lactones) is 1. The Morgan fingerprint density at radius 1 is 1.31 bits per heavy atom. The highest BCUT2D eigenvalue weighted by Gasteiger charge is 2.29. The van der Waals surface area contributed by atoms with Gasteiger partial charge in [0, 0.05) is 40.7 Å². The van der Waals surface area contributed by atoms with Gasteiger partial charge in [0.2, 0.25) is 0 Å². The number of fused-ring (bicyclic) bond motifs is 1. The number of halogens is 1. The van der Waals surface area contributed by atoms with Crippen molar-refractivity contribution < 1.29 is 28.0 Å². The van der Waals surface area contributed by atoms with Crippen LogP contribution in [-0.4, -0.2) is 64.6 Å². The Morgan fingerprint density at radius 2 is 2.00 bits per heavy atom. The maximum Gasteiger partial charge on any atom is 0.410 e. The van der Waals surface area contributed by atoms with Crippen molar-refractivity contribution in [1.82, 2.24) is 9.88 Å². The standard InChI is InChI=1S/C22H21FN2O4S.C3H9N.CH4O/c1-13(25-8-9-29-22(25)27)16-4-3-5-17-20(19(11-26)24-21(16)17)14-6-7-15(12-30(2)28)18(23)10-14;1-2-3-4;1-2/h3-7,10-11,13,24H,8-9,12H2,1-2H3;2-4H2,1H3;2H,1H3. The monoisotopic (exact) mass is 519 g/mol. The molecule has 2 atom stereocenters. The zero-order valence-corrected chi connectivity index (χ0v) is 21.9. The van der Waals surface area contributed by atoms with E-state index >= 15 is 0 Å². The van der Waals surface area contributed by atoms with Crippen molar-refractivity contribution >= 4 is 34.1 Å². The lowest BCUT2D eigenvalue weighted by atomic mass is 9.98. The number of nitrogens with zero attached hydrogens (tertiary/aromatic N) is 1. The fraction of sp³-hybridized carbons (Fsp3) is 0.385. The summed E-state index contributed by atoms with van der Waals surface area (Å²) in [7, 11) is -0.156. The van der Waals surface area contributed by atoms with E-state index in [1.54, 1.807) is 17.0 Å². The Labute approximate surface area is 213 Å². The summed E-state index contributed by atoms with van der Waals surface area (Å²) in [6.45, 7) is 5.63. The predicted octanol–water partition coefficient (Wildman–Crippen LogP) is 4.14. The molecule has 1 fully saturated rings. The maximum atomic E-state index is 14.6. The largest absolute Gasteiger partial charge is 0.448 e. The number of carbonyl (C=O) groups excluding carboxylic acids is 2. The number of amides is 1. The van der Waals surface area contributed by atoms with E-state index in [9.17, 15) is 18.2 Å². The van der Waals surface area contributed by atoms with E-state index in [-0.39, 0.29) is 17.9 Å². The summed E-state index contributed by atoms with van der Waals surface area (Å²) in [6, 6.07) is 10.1. The molecule has 3 aromatic rings. The summed E-state index contributed by atoms with van der Waals surface area (Å²) >= 11 is 0. The van der Waals surface area contributed by atoms with E-state index in [0.717, 1.165) is 36.5 Å². The molecule has 2 aromatic carbocycles. The number of nitrogens with one attached hydrogen (secondary N) is 1. The summed E-state index contributed by atoms with van der Waals surface area (Å²) < 4.78 is 31.1. The van der Waals surface area contributed by atoms with Crippen molar-refractivity contribution in [2.45, 2.75) is 32.1 Å². The Balaban J connectivity index is 0.000000694. The first-order chi connectivity index (χ1) is 17.3. The molecule has 0 bridgehead atoms. The molecule has 2 unspecified atom stereocenters. The van der Waals surface area contributed by atoms with Gasteiger partial charge in [-0.05, 0) is 37.1 Å². The number of hydrogen-bond acceptors (Lipinski definition) is 6. The highest BCUT2D eigenvalue weighted by atomic mass is 32.2. The van der Waals surface area contributed by atoms with Gasteiger partial charge in [-0.15, -0.1) is 0 Å². The molecule has 1 amide bonds. The quantitative estimate of drug-likeness (QED) is 0.403. The topological polar surface area (TPSA) is 126 Å². The minimum absolute atomic E-state index is 0.133. The van der Waals surface area contributed by atoms with Gasteiger partial charge in [0.25, 0.3) is 0 Å². The number of aromatic nitrogens is 1. The Bertz CT molecular complexity index is 1210. The lowest BCUT2D eigenvalue weighted by Gasteiger charge is -2.22. The van der Waals surface area contributed by atoms with Crippen LogP contribution in [0.3, 0.4) is 0 Å². The number of aromatic amines is 1. The minimum atomic E-state index is -1.16. The third-order valence-electron chi connectivity index (χ3n) is 5.71. The second-order valence-corrected chi connectivity index (χ2v) is 9.53.